The molecule has 0 amide bonds. The van der Waals surface area contributed by atoms with Gasteiger partial charge in [0.1, 0.15) is 12.5 Å². The van der Waals surface area contributed by atoms with Crippen molar-refractivity contribution in [2.75, 3.05) is 5.32 Å². The summed E-state index contributed by atoms with van der Waals surface area (Å²) in [5.41, 5.74) is 4.42. The third-order valence-electron chi connectivity index (χ3n) is 2.89. The smallest absolute Gasteiger partial charge is 0.299 e. The average Bonchev–Trinajstić information content (AvgIpc) is 2.93. The summed E-state index contributed by atoms with van der Waals surface area (Å²) in [6.45, 7) is 2.06. The molecule has 0 saturated carbocycles. The molecule has 93 valence electrons. The van der Waals surface area contributed by atoms with Crippen LogP contribution in [0.4, 0.5) is 11.7 Å². The maximum atomic E-state index is 5.19. The molecule has 0 saturated heterocycles. The molecule has 1 aromatic heterocycles. The van der Waals surface area contributed by atoms with E-state index in [0.717, 1.165) is 16.8 Å². The molecule has 1 heterocycles. The van der Waals surface area contributed by atoms with Crippen molar-refractivity contribution in [2.45, 2.75) is 6.92 Å². The van der Waals surface area contributed by atoms with Gasteiger partial charge in [-0.1, -0.05) is 42.5 Å². The lowest BCUT2D eigenvalue weighted by molar-refractivity contribution is 0.577. The molecule has 0 bridgehead atoms. The molecule has 0 aliphatic carbocycles. The molecule has 0 fully saturated rings. The van der Waals surface area contributed by atoms with Gasteiger partial charge in [0.15, 0.2) is 0 Å². The molecule has 0 aliphatic heterocycles. The number of aryl methyl sites for hydroxylation is 1. The molecule has 1 N–H and O–H groups in total. The molecule has 0 spiro atoms. The molecule has 19 heavy (non-hydrogen) atoms. The number of hydrogen-bond acceptors (Lipinski definition) is 3. The molecule has 3 nitrogen and oxygen atoms in total. The summed E-state index contributed by atoms with van der Waals surface area (Å²) in [6, 6.07) is 16.9. The maximum absolute atomic E-state index is 5.19. The SMILES string of the molecule is Cc1ccc(-c2ccccc2)c(Nc2n[c]co2)c1. The largest absolute Gasteiger partial charge is 0.431 e. The van der Waals surface area contributed by atoms with E-state index in [1.165, 1.54) is 11.8 Å². The average molecular weight is 249 g/mol. The fourth-order valence-electron chi connectivity index (χ4n) is 2.00. The molecular weight excluding hydrogens is 236 g/mol. The minimum absolute atomic E-state index is 0.447. The van der Waals surface area contributed by atoms with Gasteiger partial charge in [0.05, 0.1) is 5.69 Å². The Morgan fingerprint density at radius 1 is 1.11 bits per heavy atom. The van der Waals surface area contributed by atoms with Crippen LogP contribution in [0, 0.1) is 13.1 Å². The predicted octanol–water partition coefficient (Wildman–Crippen LogP) is 4.19. The minimum atomic E-state index is 0.447. The van der Waals surface area contributed by atoms with Crippen LogP contribution in [0.5, 0.6) is 0 Å². The van der Waals surface area contributed by atoms with Gasteiger partial charge in [-0.2, -0.15) is 4.98 Å². The molecule has 3 aromatic rings. The zero-order chi connectivity index (χ0) is 13.1. The van der Waals surface area contributed by atoms with Gasteiger partial charge in [0.25, 0.3) is 6.01 Å². The van der Waals surface area contributed by atoms with Gasteiger partial charge in [-0.3, -0.25) is 0 Å². The maximum Gasteiger partial charge on any atom is 0.299 e. The second-order valence-corrected chi connectivity index (χ2v) is 4.32. The summed E-state index contributed by atoms with van der Waals surface area (Å²) in [5, 5.41) is 3.18. The Bertz CT molecular complexity index is 660. The molecule has 3 heteroatoms. The second-order valence-electron chi connectivity index (χ2n) is 4.32. The van der Waals surface area contributed by atoms with E-state index in [2.05, 4.69) is 53.8 Å². The number of hydrogen-bond donors (Lipinski definition) is 1. The predicted molar refractivity (Wildman–Crippen MR) is 75.2 cm³/mol. The van der Waals surface area contributed by atoms with E-state index in [0.29, 0.717) is 6.01 Å². The topological polar surface area (TPSA) is 38.1 Å². The summed E-state index contributed by atoms with van der Waals surface area (Å²) in [4.78, 5) is 3.97. The van der Waals surface area contributed by atoms with E-state index >= 15 is 0 Å². The first-order chi connectivity index (χ1) is 9.33. The van der Waals surface area contributed by atoms with E-state index < -0.39 is 0 Å². The highest BCUT2D eigenvalue weighted by molar-refractivity contribution is 5.80. The number of oxazole rings is 1. The van der Waals surface area contributed by atoms with Crippen LogP contribution in [0.15, 0.2) is 59.2 Å². The van der Waals surface area contributed by atoms with Crippen molar-refractivity contribution in [3.8, 4) is 11.1 Å². The van der Waals surface area contributed by atoms with Gasteiger partial charge in [0.2, 0.25) is 0 Å². The van der Waals surface area contributed by atoms with E-state index in [4.69, 9.17) is 4.42 Å². The van der Waals surface area contributed by atoms with Crippen molar-refractivity contribution in [3.63, 3.8) is 0 Å². The lowest BCUT2D eigenvalue weighted by atomic mass is 10.0. The van der Waals surface area contributed by atoms with Crippen molar-refractivity contribution in [2.24, 2.45) is 0 Å². The Labute approximate surface area is 111 Å². The van der Waals surface area contributed by atoms with Crippen molar-refractivity contribution in [1.29, 1.82) is 0 Å². The van der Waals surface area contributed by atoms with Crippen LogP contribution in [0.2, 0.25) is 0 Å². The summed E-state index contributed by atoms with van der Waals surface area (Å²) in [6.07, 6.45) is 4.08. The van der Waals surface area contributed by atoms with Crippen molar-refractivity contribution in [3.05, 3.63) is 66.6 Å². The normalized spacial score (nSPS) is 10.4. The lowest BCUT2D eigenvalue weighted by Crippen LogP contribution is -1.94. The van der Waals surface area contributed by atoms with E-state index in [1.807, 2.05) is 18.2 Å². The van der Waals surface area contributed by atoms with Gasteiger partial charge in [-0.25, -0.2) is 0 Å². The van der Waals surface area contributed by atoms with Gasteiger partial charge in [-0.05, 0) is 24.1 Å². The number of rotatable bonds is 3. The van der Waals surface area contributed by atoms with Crippen molar-refractivity contribution < 1.29 is 4.42 Å². The zero-order valence-corrected chi connectivity index (χ0v) is 10.6. The first kappa shape index (κ1) is 11.5. The minimum Gasteiger partial charge on any atom is -0.431 e. The summed E-state index contributed by atoms with van der Waals surface area (Å²) < 4.78 is 5.19. The summed E-state index contributed by atoms with van der Waals surface area (Å²) in [7, 11) is 0. The number of aromatic nitrogens is 1. The molecular formula is C16H13N2O. The Balaban J connectivity index is 2.04. The van der Waals surface area contributed by atoms with Crippen LogP contribution in [-0.4, -0.2) is 4.98 Å². The molecule has 3 rings (SSSR count). The number of anilines is 2. The standard InChI is InChI=1S/C16H13N2O/c1-12-7-8-14(13-5-3-2-4-6-13)15(11-12)18-16-17-9-10-19-16/h2-8,10-11H,1H3,(H,17,18). The first-order valence-corrected chi connectivity index (χ1v) is 6.07. The number of nitrogens with zero attached hydrogens (tertiary/aromatic N) is 1. The molecule has 0 unspecified atom stereocenters. The van der Waals surface area contributed by atoms with Gasteiger partial charge in [-0.15, -0.1) is 0 Å². The highest BCUT2D eigenvalue weighted by atomic mass is 16.4. The van der Waals surface area contributed by atoms with Crippen LogP contribution in [0.25, 0.3) is 11.1 Å². The third kappa shape index (κ3) is 2.50. The van der Waals surface area contributed by atoms with Crippen molar-refractivity contribution >= 4 is 11.7 Å². The van der Waals surface area contributed by atoms with Gasteiger partial charge in [0, 0.05) is 5.56 Å². The third-order valence-corrected chi connectivity index (χ3v) is 2.89. The molecule has 0 atom stereocenters. The Morgan fingerprint density at radius 3 is 2.68 bits per heavy atom. The number of benzene rings is 2. The number of nitrogens with one attached hydrogen (secondary N) is 1. The lowest BCUT2D eigenvalue weighted by Gasteiger charge is -2.11. The zero-order valence-electron chi connectivity index (χ0n) is 10.6. The van der Waals surface area contributed by atoms with E-state index in [1.54, 1.807) is 0 Å². The molecule has 0 aliphatic rings. The van der Waals surface area contributed by atoms with Gasteiger partial charge >= 0.3 is 0 Å². The highest BCUT2D eigenvalue weighted by Gasteiger charge is 2.07. The fraction of sp³-hybridized carbons (Fsp3) is 0.0625. The van der Waals surface area contributed by atoms with E-state index in [-0.39, 0.29) is 0 Å². The van der Waals surface area contributed by atoms with E-state index in [9.17, 15) is 0 Å². The van der Waals surface area contributed by atoms with Crippen LogP contribution >= 0.6 is 0 Å². The van der Waals surface area contributed by atoms with Crippen LogP contribution in [0.1, 0.15) is 5.56 Å². The Hall–Kier alpha value is -2.55. The molecule has 2 aromatic carbocycles. The quantitative estimate of drug-likeness (QED) is 0.756. The van der Waals surface area contributed by atoms with Crippen LogP contribution < -0.4 is 5.32 Å². The second kappa shape index (κ2) is 4.98. The summed E-state index contributed by atoms with van der Waals surface area (Å²) in [5.74, 6) is 0. The monoisotopic (exact) mass is 249 g/mol. The highest BCUT2D eigenvalue weighted by Crippen LogP contribution is 2.30. The Morgan fingerprint density at radius 2 is 1.95 bits per heavy atom. The van der Waals surface area contributed by atoms with Gasteiger partial charge < -0.3 is 9.73 Å². The molecule has 1 radical (unpaired) electrons. The summed E-state index contributed by atoms with van der Waals surface area (Å²) >= 11 is 0. The van der Waals surface area contributed by atoms with Crippen molar-refractivity contribution in [1.82, 2.24) is 4.98 Å². The fourth-order valence-corrected chi connectivity index (χ4v) is 2.00. The Kier molecular flexibility index (Phi) is 3.02. The van der Waals surface area contributed by atoms with Crippen LogP contribution in [-0.2, 0) is 0 Å². The first-order valence-electron chi connectivity index (χ1n) is 6.07. The van der Waals surface area contributed by atoms with Crippen LogP contribution in [0.3, 0.4) is 0 Å².